The van der Waals surface area contributed by atoms with E-state index in [-0.39, 0.29) is 5.91 Å². The molecule has 0 N–H and O–H groups in total. The van der Waals surface area contributed by atoms with E-state index >= 15 is 0 Å². The zero-order valence-corrected chi connectivity index (χ0v) is 17.6. The van der Waals surface area contributed by atoms with Crippen molar-refractivity contribution < 1.29 is 9.21 Å². The summed E-state index contributed by atoms with van der Waals surface area (Å²) in [5, 5.41) is 5.44. The summed E-state index contributed by atoms with van der Waals surface area (Å²) >= 11 is 9.95. The Morgan fingerprint density at radius 1 is 1.04 bits per heavy atom. The van der Waals surface area contributed by atoms with E-state index in [1.807, 2.05) is 66.7 Å². The number of hydrogen-bond donors (Lipinski definition) is 0. The highest BCUT2D eigenvalue weighted by atomic mass is 79.9. The fourth-order valence-corrected chi connectivity index (χ4v) is 4.00. The predicted octanol–water partition coefficient (Wildman–Crippen LogP) is 5.94. The number of rotatable bonds is 4. The van der Waals surface area contributed by atoms with Gasteiger partial charge < -0.3 is 4.42 Å². The lowest BCUT2D eigenvalue weighted by molar-refractivity contribution is -0.122. The number of furan rings is 1. The molecule has 0 bridgehead atoms. The number of amides is 1. The normalized spacial score (nSPS) is 15.9. The van der Waals surface area contributed by atoms with Gasteiger partial charge in [-0.2, -0.15) is 10.1 Å². The Morgan fingerprint density at radius 2 is 1.79 bits per heavy atom. The molecule has 1 aliphatic rings. The fourth-order valence-electron chi connectivity index (χ4n) is 2.57. The largest absolute Gasteiger partial charge is 0.455 e. The van der Waals surface area contributed by atoms with Gasteiger partial charge in [-0.1, -0.05) is 70.2 Å². The molecule has 0 radical (unpaired) electrons. The molecular weight excluding hydrogens is 456 g/mol. The third-order valence-corrected chi connectivity index (χ3v) is 5.74. The fraction of sp³-hybridized carbons (Fsp3) is 0. The summed E-state index contributed by atoms with van der Waals surface area (Å²) < 4.78 is 7.19. The number of hydrogen-bond acceptors (Lipinski definition) is 5. The van der Waals surface area contributed by atoms with Gasteiger partial charge in [-0.3, -0.25) is 4.79 Å². The van der Waals surface area contributed by atoms with Gasteiger partial charge in [0, 0.05) is 10.0 Å². The van der Waals surface area contributed by atoms with Crippen LogP contribution in [0.15, 0.2) is 85.6 Å². The molecule has 4 rings (SSSR count). The first-order valence-corrected chi connectivity index (χ1v) is 10.3. The number of thiocarbonyl (C=S) groups is 1. The monoisotopic (exact) mass is 468 g/mol. The van der Waals surface area contributed by atoms with Crippen LogP contribution in [0.1, 0.15) is 11.3 Å². The lowest BCUT2D eigenvalue weighted by Gasteiger charge is -2.05. The lowest BCUT2D eigenvalue weighted by atomic mass is 10.2. The zero-order valence-electron chi connectivity index (χ0n) is 14.4. The second-order valence-corrected chi connectivity index (χ2v) is 8.45. The van der Waals surface area contributed by atoms with Crippen molar-refractivity contribution in [2.24, 2.45) is 5.10 Å². The smallest absolute Gasteiger partial charge is 0.286 e. The van der Waals surface area contributed by atoms with Crippen molar-refractivity contribution in [2.45, 2.75) is 0 Å². The van der Waals surface area contributed by atoms with Crippen LogP contribution in [0, 0.1) is 0 Å². The molecule has 0 aliphatic carbocycles. The third-order valence-electron chi connectivity index (χ3n) is 3.93. The Kier molecular flexibility index (Phi) is 5.57. The quantitative estimate of drug-likeness (QED) is 0.269. The van der Waals surface area contributed by atoms with Gasteiger partial charge in [-0.05, 0) is 48.1 Å². The Balaban J connectivity index is 1.50. The molecular formula is C21H13BrN2O2S2. The van der Waals surface area contributed by atoms with Gasteiger partial charge >= 0.3 is 0 Å². The minimum absolute atomic E-state index is 0.241. The van der Waals surface area contributed by atoms with Crippen molar-refractivity contribution in [3.05, 3.63) is 87.4 Å². The number of nitrogens with zero attached hydrogens (tertiary/aromatic N) is 2. The van der Waals surface area contributed by atoms with Crippen LogP contribution >= 0.6 is 39.9 Å². The van der Waals surface area contributed by atoms with Gasteiger partial charge in [0.05, 0.1) is 11.1 Å². The molecule has 1 aromatic heterocycles. The molecule has 0 atom stereocenters. The zero-order chi connectivity index (χ0) is 19.5. The summed E-state index contributed by atoms with van der Waals surface area (Å²) in [6, 6.07) is 21.1. The summed E-state index contributed by atoms with van der Waals surface area (Å²) in [6.07, 6.45) is 3.31. The molecule has 3 aromatic rings. The van der Waals surface area contributed by atoms with Gasteiger partial charge in [0.15, 0.2) is 4.32 Å². The second kappa shape index (κ2) is 8.26. The van der Waals surface area contributed by atoms with E-state index in [9.17, 15) is 4.79 Å². The van der Waals surface area contributed by atoms with Crippen molar-refractivity contribution in [3.63, 3.8) is 0 Å². The van der Waals surface area contributed by atoms with Crippen molar-refractivity contribution in [3.8, 4) is 11.3 Å². The van der Waals surface area contributed by atoms with E-state index in [2.05, 4.69) is 21.0 Å². The van der Waals surface area contributed by atoms with Crippen molar-refractivity contribution in [2.75, 3.05) is 0 Å². The third kappa shape index (κ3) is 4.16. The van der Waals surface area contributed by atoms with Gasteiger partial charge in [0.1, 0.15) is 11.5 Å². The van der Waals surface area contributed by atoms with Crippen LogP contribution in [0.4, 0.5) is 0 Å². The van der Waals surface area contributed by atoms with E-state index in [0.29, 0.717) is 15.0 Å². The minimum atomic E-state index is -0.241. The maximum absolute atomic E-state index is 12.6. The molecule has 0 unspecified atom stereocenters. The van der Waals surface area contributed by atoms with E-state index < -0.39 is 0 Å². The minimum Gasteiger partial charge on any atom is -0.455 e. The first kappa shape index (κ1) is 18.9. The number of halogens is 1. The molecule has 1 aliphatic heterocycles. The maximum Gasteiger partial charge on any atom is 0.286 e. The van der Waals surface area contributed by atoms with E-state index in [0.717, 1.165) is 21.4 Å². The van der Waals surface area contributed by atoms with E-state index in [4.69, 9.17) is 16.6 Å². The number of thioether (sulfide) groups is 1. The highest BCUT2D eigenvalue weighted by Gasteiger charge is 2.32. The first-order valence-electron chi connectivity index (χ1n) is 8.33. The Morgan fingerprint density at radius 3 is 2.54 bits per heavy atom. The van der Waals surface area contributed by atoms with Crippen LogP contribution in [0.3, 0.4) is 0 Å². The van der Waals surface area contributed by atoms with Crippen LogP contribution in [-0.4, -0.2) is 21.5 Å². The molecule has 138 valence electrons. The Labute approximate surface area is 180 Å². The lowest BCUT2D eigenvalue weighted by Crippen LogP contribution is -2.22. The molecule has 28 heavy (non-hydrogen) atoms. The molecule has 2 heterocycles. The number of hydrazone groups is 1. The summed E-state index contributed by atoms with van der Waals surface area (Å²) in [5.74, 6) is 1.03. The molecule has 7 heteroatoms. The summed E-state index contributed by atoms with van der Waals surface area (Å²) in [7, 11) is 0. The predicted molar refractivity (Wildman–Crippen MR) is 121 cm³/mol. The molecule has 4 nitrogen and oxygen atoms in total. The van der Waals surface area contributed by atoms with Crippen molar-refractivity contribution in [1.29, 1.82) is 0 Å². The van der Waals surface area contributed by atoms with Gasteiger partial charge in [0.2, 0.25) is 0 Å². The van der Waals surface area contributed by atoms with Crippen molar-refractivity contribution in [1.82, 2.24) is 5.01 Å². The van der Waals surface area contributed by atoms with Crippen LogP contribution in [0.2, 0.25) is 0 Å². The molecule has 2 aromatic carbocycles. The van der Waals surface area contributed by atoms with Gasteiger partial charge in [0.25, 0.3) is 5.91 Å². The number of benzene rings is 2. The topological polar surface area (TPSA) is 45.8 Å². The second-order valence-electron chi connectivity index (χ2n) is 5.86. The van der Waals surface area contributed by atoms with Crippen LogP contribution in [-0.2, 0) is 4.79 Å². The standard InChI is InChI=1S/C21H13BrN2O2S2/c22-16-8-6-15(7-9-16)18-11-10-17(26-18)13-23-24-20(25)19(28-21(24)27)12-14-4-2-1-3-5-14/h1-13H/b19-12+,23-13+. The maximum atomic E-state index is 12.6. The van der Waals surface area contributed by atoms with Crippen molar-refractivity contribution >= 4 is 62.4 Å². The Bertz CT molecular complexity index is 1090. The average Bonchev–Trinajstić information content (AvgIpc) is 3.27. The molecule has 0 saturated carbocycles. The van der Waals surface area contributed by atoms with E-state index in [1.165, 1.54) is 23.0 Å². The highest BCUT2D eigenvalue weighted by molar-refractivity contribution is 9.10. The SMILES string of the molecule is O=C1/C(=C\c2ccccc2)SC(=S)N1/N=C/c1ccc(-c2ccc(Br)cc2)o1. The van der Waals surface area contributed by atoms with Gasteiger partial charge in [-0.25, -0.2) is 0 Å². The molecule has 0 spiro atoms. The Hall–Kier alpha value is -2.48. The summed E-state index contributed by atoms with van der Waals surface area (Å²) in [6.45, 7) is 0. The van der Waals surface area contributed by atoms with Crippen LogP contribution in [0.25, 0.3) is 17.4 Å². The van der Waals surface area contributed by atoms with E-state index in [1.54, 1.807) is 6.07 Å². The molecule has 1 amide bonds. The average molecular weight is 469 g/mol. The van der Waals surface area contributed by atoms with Crippen LogP contribution in [0.5, 0.6) is 0 Å². The molecule has 1 saturated heterocycles. The highest BCUT2D eigenvalue weighted by Crippen LogP contribution is 2.32. The van der Waals surface area contributed by atoms with Crippen LogP contribution < -0.4 is 0 Å². The summed E-state index contributed by atoms with van der Waals surface area (Å²) in [5.41, 5.74) is 1.90. The first-order chi connectivity index (χ1) is 13.6. The number of carbonyl (C=O) groups is 1. The summed E-state index contributed by atoms with van der Waals surface area (Å²) in [4.78, 5) is 13.1. The number of carbonyl (C=O) groups excluding carboxylic acids is 1. The molecule has 1 fully saturated rings. The van der Waals surface area contributed by atoms with Gasteiger partial charge in [-0.15, -0.1) is 0 Å².